The maximum absolute atomic E-state index is 14.2. The van der Waals surface area contributed by atoms with Crippen molar-refractivity contribution in [2.24, 2.45) is 5.73 Å². The van der Waals surface area contributed by atoms with Crippen LogP contribution in [0.25, 0.3) is 0 Å². The Balaban J connectivity index is 2.16. The van der Waals surface area contributed by atoms with Crippen molar-refractivity contribution >= 4 is 39.2 Å². The molecule has 2 heterocycles. The lowest BCUT2D eigenvalue weighted by Crippen LogP contribution is -2.25. The van der Waals surface area contributed by atoms with Gasteiger partial charge in [-0.2, -0.15) is 0 Å². The Kier molecular flexibility index (Phi) is 5.31. The van der Waals surface area contributed by atoms with Crippen molar-refractivity contribution in [2.45, 2.75) is 25.3 Å². The molecule has 27 heavy (non-hydrogen) atoms. The summed E-state index contributed by atoms with van der Waals surface area (Å²) < 4.78 is 21.1. The molecule has 9 heteroatoms. The van der Waals surface area contributed by atoms with Crippen molar-refractivity contribution in [2.75, 3.05) is 12.4 Å². The molecule has 0 bridgehead atoms. The standard InChI is InChI=1S/C18H17BrFN3O4/c1-27-18(26)16-13(22-12-3-2-10(19)7-11(12)20)8-15(25)23-5-4-9(17(16)23)6-14(21)24/h2-3,7-9,22H,4-6H2,1H3,(H2,21,24). The number of esters is 1. The van der Waals surface area contributed by atoms with E-state index in [4.69, 9.17) is 10.5 Å². The first-order valence-electron chi connectivity index (χ1n) is 8.18. The fourth-order valence-electron chi connectivity index (χ4n) is 3.33. The van der Waals surface area contributed by atoms with Crippen LogP contribution in [-0.2, 0) is 16.1 Å². The van der Waals surface area contributed by atoms with Crippen LogP contribution in [0.15, 0.2) is 33.5 Å². The van der Waals surface area contributed by atoms with Crippen LogP contribution in [0.3, 0.4) is 0 Å². The van der Waals surface area contributed by atoms with Gasteiger partial charge >= 0.3 is 5.97 Å². The van der Waals surface area contributed by atoms with Gasteiger partial charge in [-0.25, -0.2) is 9.18 Å². The van der Waals surface area contributed by atoms with E-state index in [9.17, 15) is 18.8 Å². The minimum absolute atomic E-state index is 0.000464. The van der Waals surface area contributed by atoms with E-state index >= 15 is 0 Å². The molecule has 0 aliphatic carbocycles. The van der Waals surface area contributed by atoms with Gasteiger partial charge in [-0.3, -0.25) is 9.59 Å². The minimum atomic E-state index is -0.685. The molecule has 1 aliphatic heterocycles. The topological polar surface area (TPSA) is 103 Å². The number of carbonyl (C=O) groups excluding carboxylic acids is 2. The van der Waals surface area contributed by atoms with Crippen molar-refractivity contribution in [3.63, 3.8) is 0 Å². The molecule has 0 radical (unpaired) electrons. The quantitative estimate of drug-likeness (QED) is 0.699. The van der Waals surface area contributed by atoms with E-state index in [1.165, 1.54) is 29.9 Å². The van der Waals surface area contributed by atoms with Crippen molar-refractivity contribution < 1.29 is 18.7 Å². The number of nitrogens with zero attached hydrogens (tertiary/aromatic N) is 1. The first kappa shape index (κ1) is 19.1. The van der Waals surface area contributed by atoms with E-state index < -0.39 is 17.7 Å². The molecule has 142 valence electrons. The fraction of sp³-hybridized carbons (Fsp3) is 0.278. The monoisotopic (exact) mass is 437 g/mol. The predicted octanol–water partition coefficient (Wildman–Crippen LogP) is 2.64. The molecule has 3 N–H and O–H groups in total. The van der Waals surface area contributed by atoms with Crippen molar-refractivity contribution in [1.82, 2.24) is 4.57 Å². The van der Waals surface area contributed by atoms with E-state index in [0.29, 0.717) is 23.1 Å². The number of hydrogen-bond acceptors (Lipinski definition) is 5. The lowest BCUT2D eigenvalue weighted by molar-refractivity contribution is -0.118. The summed E-state index contributed by atoms with van der Waals surface area (Å²) in [7, 11) is 1.21. The van der Waals surface area contributed by atoms with Gasteiger partial charge in [-0.15, -0.1) is 0 Å². The molecular formula is C18H17BrFN3O4. The molecule has 1 aliphatic rings. The number of methoxy groups -OCH3 is 1. The van der Waals surface area contributed by atoms with Crippen LogP contribution in [0.2, 0.25) is 0 Å². The highest BCUT2D eigenvalue weighted by Crippen LogP contribution is 2.36. The second-order valence-electron chi connectivity index (χ2n) is 6.20. The molecule has 0 saturated carbocycles. The fourth-order valence-corrected chi connectivity index (χ4v) is 3.67. The Morgan fingerprint density at radius 1 is 1.37 bits per heavy atom. The van der Waals surface area contributed by atoms with Gasteiger partial charge in [0.2, 0.25) is 5.91 Å². The number of carbonyl (C=O) groups is 2. The number of halogens is 2. The summed E-state index contributed by atoms with van der Waals surface area (Å²) in [5.74, 6) is -2.17. The Labute approximate surface area is 162 Å². The van der Waals surface area contributed by atoms with Crippen LogP contribution in [0.1, 0.15) is 34.8 Å². The number of rotatable bonds is 5. The molecule has 3 rings (SSSR count). The molecule has 0 spiro atoms. The van der Waals surface area contributed by atoms with Crippen molar-refractivity contribution in [1.29, 1.82) is 0 Å². The number of nitrogens with one attached hydrogen (secondary N) is 1. The number of ether oxygens (including phenoxy) is 1. The Hall–Kier alpha value is -2.68. The highest BCUT2D eigenvalue weighted by atomic mass is 79.9. The van der Waals surface area contributed by atoms with Crippen LogP contribution in [0.4, 0.5) is 15.8 Å². The molecule has 1 amide bonds. The minimum Gasteiger partial charge on any atom is -0.465 e. The number of amides is 1. The van der Waals surface area contributed by atoms with Crippen LogP contribution in [0.5, 0.6) is 0 Å². The average molecular weight is 438 g/mol. The summed E-state index contributed by atoms with van der Waals surface area (Å²) in [6, 6.07) is 5.59. The molecule has 2 aromatic rings. The zero-order chi connectivity index (χ0) is 19.7. The number of benzene rings is 1. The lowest BCUT2D eigenvalue weighted by atomic mass is 9.95. The van der Waals surface area contributed by atoms with E-state index in [1.807, 2.05) is 0 Å². The summed E-state index contributed by atoms with van der Waals surface area (Å²) in [4.78, 5) is 36.4. The average Bonchev–Trinajstić information content (AvgIpc) is 3.00. The van der Waals surface area contributed by atoms with Gasteiger partial charge in [0, 0.05) is 35.1 Å². The van der Waals surface area contributed by atoms with E-state index in [0.717, 1.165) is 0 Å². The molecule has 0 fully saturated rings. The summed E-state index contributed by atoms with van der Waals surface area (Å²) in [6.07, 6.45) is 0.498. The third-order valence-electron chi connectivity index (χ3n) is 4.48. The number of fused-ring (bicyclic) bond motifs is 1. The Bertz CT molecular complexity index is 989. The normalized spacial score (nSPS) is 15.3. The summed E-state index contributed by atoms with van der Waals surface area (Å²) >= 11 is 3.17. The predicted molar refractivity (Wildman–Crippen MR) is 101 cm³/mol. The van der Waals surface area contributed by atoms with Gasteiger partial charge in [0.15, 0.2) is 0 Å². The lowest BCUT2D eigenvalue weighted by Gasteiger charge is -2.18. The first-order valence-corrected chi connectivity index (χ1v) is 8.97. The largest absolute Gasteiger partial charge is 0.465 e. The molecular weight excluding hydrogens is 421 g/mol. The third-order valence-corrected chi connectivity index (χ3v) is 4.97. The Morgan fingerprint density at radius 3 is 2.74 bits per heavy atom. The van der Waals surface area contributed by atoms with Gasteiger partial charge in [0.25, 0.3) is 5.56 Å². The van der Waals surface area contributed by atoms with E-state index in [-0.39, 0.29) is 34.8 Å². The van der Waals surface area contributed by atoms with E-state index in [2.05, 4.69) is 21.2 Å². The number of aromatic nitrogens is 1. The number of primary amides is 1. The number of hydrogen-bond donors (Lipinski definition) is 2. The van der Waals surface area contributed by atoms with Gasteiger partial charge in [-0.1, -0.05) is 15.9 Å². The summed E-state index contributed by atoms with van der Waals surface area (Å²) in [5.41, 5.74) is 5.65. The van der Waals surface area contributed by atoms with Gasteiger partial charge in [0.05, 0.1) is 18.5 Å². The zero-order valence-electron chi connectivity index (χ0n) is 14.4. The van der Waals surface area contributed by atoms with Crippen molar-refractivity contribution in [3.8, 4) is 0 Å². The third kappa shape index (κ3) is 3.73. The number of anilines is 2. The van der Waals surface area contributed by atoms with Gasteiger partial charge < -0.3 is 20.4 Å². The smallest absolute Gasteiger partial charge is 0.341 e. The highest BCUT2D eigenvalue weighted by molar-refractivity contribution is 9.10. The molecule has 1 unspecified atom stereocenters. The highest BCUT2D eigenvalue weighted by Gasteiger charge is 2.33. The van der Waals surface area contributed by atoms with Crippen LogP contribution in [-0.4, -0.2) is 23.6 Å². The van der Waals surface area contributed by atoms with Crippen LogP contribution < -0.4 is 16.6 Å². The van der Waals surface area contributed by atoms with Gasteiger partial charge in [0.1, 0.15) is 11.4 Å². The van der Waals surface area contributed by atoms with E-state index in [1.54, 1.807) is 6.07 Å². The summed E-state index contributed by atoms with van der Waals surface area (Å²) in [5, 5.41) is 2.80. The SMILES string of the molecule is COC(=O)c1c(Nc2ccc(Br)cc2F)cc(=O)n2c1C(CC(N)=O)CC2. The first-order chi connectivity index (χ1) is 12.8. The number of pyridine rings is 1. The van der Waals surface area contributed by atoms with Crippen LogP contribution in [0, 0.1) is 5.82 Å². The molecule has 1 aromatic heterocycles. The molecule has 7 nitrogen and oxygen atoms in total. The number of nitrogens with two attached hydrogens (primary N) is 1. The molecule has 0 saturated heterocycles. The zero-order valence-corrected chi connectivity index (χ0v) is 16.0. The second kappa shape index (κ2) is 7.51. The molecule has 1 atom stereocenters. The van der Waals surface area contributed by atoms with Crippen LogP contribution >= 0.6 is 15.9 Å². The maximum atomic E-state index is 14.2. The second-order valence-corrected chi connectivity index (χ2v) is 7.12. The maximum Gasteiger partial charge on any atom is 0.341 e. The van der Waals surface area contributed by atoms with Gasteiger partial charge in [-0.05, 0) is 24.6 Å². The summed E-state index contributed by atoms with van der Waals surface area (Å²) in [6.45, 7) is 0.364. The van der Waals surface area contributed by atoms with Crippen molar-refractivity contribution in [3.05, 3.63) is 56.2 Å². The molecule has 1 aromatic carbocycles. The Morgan fingerprint density at radius 2 is 2.11 bits per heavy atom.